The molecule has 0 fully saturated rings. The molecule has 9 nitrogen and oxygen atoms in total. The van der Waals surface area contributed by atoms with Gasteiger partial charge in [-0.15, -0.1) is 11.3 Å². The van der Waals surface area contributed by atoms with Crippen LogP contribution in [0, 0.1) is 26.0 Å². The van der Waals surface area contributed by atoms with Crippen LogP contribution in [0.4, 0.5) is 15.8 Å². The molecule has 0 radical (unpaired) electrons. The van der Waals surface area contributed by atoms with Crippen LogP contribution in [-0.2, 0) is 4.84 Å². The average molecular weight is 415 g/mol. The van der Waals surface area contributed by atoms with Gasteiger partial charge in [0.1, 0.15) is 11.5 Å². The second-order valence-corrected chi connectivity index (χ2v) is 6.50. The van der Waals surface area contributed by atoms with Crippen molar-refractivity contribution in [1.29, 1.82) is 0 Å². The van der Waals surface area contributed by atoms with Crippen molar-refractivity contribution in [3.8, 4) is 0 Å². The van der Waals surface area contributed by atoms with E-state index in [0.717, 1.165) is 18.2 Å². The summed E-state index contributed by atoms with van der Waals surface area (Å²) in [6, 6.07) is 11.2. The number of nitro groups is 2. The van der Waals surface area contributed by atoms with E-state index in [9.17, 15) is 29.4 Å². The summed E-state index contributed by atoms with van der Waals surface area (Å²) in [5.41, 5.74) is -0.974. The highest BCUT2D eigenvalue weighted by Gasteiger charge is 2.21. The van der Waals surface area contributed by atoms with Gasteiger partial charge in [0.2, 0.25) is 0 Å². The van der Waals surface area contributed by atoms with Crippen molar-refractivity contribution in [2.75, 3.05) is 0 Å². The number of carbonyl (C=O) groups is 1. The number of oxime groups is 1. The maximum Gasteiger partial charge on any atom is 0.366 e. The predicted octanol–water partition coefficient (Wildman–Crippen LogP) is 4.31. The van der Waals surface area contributed by atoms with E-state index in [2.05, 4.69) is 5.16 Å². The van der Waals surface area contributed by atoms with Gasteiger partial charge in [0.05, 0.1) is 26.4 Å². The zero-order valence-electron chi connectivity index (χ0n) is 14.4. The SMILES string of the molecule is O=C(O/N=C(/c1ccc(F)cc1)c1cccs1)c1cc([N+](=O)[O-])cc([N+](=O)[O-])c1. The first-order chi connectivity index (χ1) is 13.8. The Balaban J connectivity index is 1.95. The maximum absolute atomic E-state index is 13.2. The Morgan fingerprint density at radius 2 is 1.59 bits per heavy atom. The smallest absolute Gasteiger partial charge is 0.312 e. The summed E-state index contributed by atoms with van der Waals surface area (Å²) in [5.74, 6) is -1.58. The standard InChI is InChI=1S/C18H10FN3O6S/c19-13-5-3-11(4-6-13)17(16-2-1-7-29-16)20-28-18(23)12-8-14(21(24)25)10-15(9-12)22(26)27/h1-10H/b20-17-. The lowest BCUT2D eigenvalue weighted by atomic mass is 10.1. The normalized spacial score (nSPS) is 11.1. The van der Waals surface area contributed by atoms with Crippen molar-refractivity contribution in [2.45, 2.75) is 0 Å². The second kappa shape index (κ2) is 8.35. The van der Waals surface area contributed by atoms with Crippen LogP contribution in [0.5, 0.6) is 0 Å². The van der Waals surface area contributed by atoms with Crippen molar-refractivity contribution < 1.29 is 23.9 Å². The molecule has 11 heteroatoms. The van der Waals surface area contributed by atoms with E-state index in [-0.39, 0.29) is 5.71 Å². The van der Waals surface area contributed by atoms with E-state index in [1.54, 1.807) is 17.5 Å². The van der Waals surface area contributed by atoms with Gasteiger partial charge in [-0.05, 0) is 35.7 Å². The van der Waals surface area contributed by atoms with Crippen LogP contribution in [0.25, 0.3) is 0 Å². The van der Waals surface area contributed by atoms with Gasteiger partial charge in [-0.2, -0.15) is 0 Å². The lowest BCUT2D eigenvalue weighted by Gasteiger charge is -2.05. The fraction of sp³-hybridized carbons (Fsp3) is 0. The van der Waals surface area contributed by atoms with Crippen LogP contribution >= 0.6 is 11.3 Å². The van der Waals surface area contributed by atoms with E-state index in [0.29, 0.717) is 10.4 Å². The third kappa shape index (κ3) is 4.65. The Bertz CT molecular complexity index is 1080. The van der Waals surface area contributed by atoms with Crippen molar-refractivity contribution in [2.24, 2.45) is 5.16 Å². The van der Waals surface area contributed by atoms with Crippen molar-refractivity contribution in [3.05, 3.63) is 102 Å². The zero-order chi connectivity index (χ0) is 21.0. The number of thiophene rings is 1. The second-order valence-electron chi connectivity index (χ2n) is 5.56. The molecule has 1 aromatic heterocycles. The molecule has 1 heterocycles. The first kappa shape index (κ1) is 19.8. The van der Waals surface area contributed by atoms with E-state index < -0.39 is 38.6 Å². The number of hydrogen-bond donors (Lipinski definition) is 0. The Hall–Kier alpha value is -3.99. The number of hydrogen-bond acceptors (Lipinski definition) is 8. The van der Waals surface area contributed by atoms with Crippen LogP contribution in [0.1, 0.15) is 20.8 Å². The minimum atomic E-state index is -1.12. The van der Waals surface area contributed by atoms with Crippen molar-refractivity contribution >= 4 is 34.4 Å². The van der Waals surface area contributed by atoms with Crippen LogP contribution in [0.2, 0.25) is 0 Å². The van der Waals surface area contributed by atoms with Gasteiger partial charge in [-0.25, -0.2) is 9.18 Å². The van der Waals surface area contributed by atoms with E-state index in [4.69, 9.17) is 4.84 Å². The molecule has 0 saturated heterocycles. The fourth-order valence-corrected chi connectivity index (χ4v) is 3.05. The summed E-state index contributed by atoms with van der Waals surface area (Å²) in [5, 5.41) is 27.5. The molecule has 0 aliphatic carbocycles. The number of non-ortho nitro benzene ring substituents is 2. The molecule has 3 aromatic rings. The number of nitrogens with zero attached hydrogens (tertiary/aromatic N) is 3. The lowest BCUT2D eigenvalue weighted by molar-refractivity contribution is -0.394. The highest BCUT2D eigenvalue weighted by molar-refractivity contribution is 7.12. The van der Waals surface area contributed by atoms with Gasteiger partial charge in [-0.1, -0.05) is 11.2 Å². The van der Waals surface area contributed by atoms with E-state index in [1.807, 2.05) is 0 Å². The summed E-state index contributed by atoms with van der Waals surface area (Å²) in [4.78, 5) is 38.0. The molecule has 0 unspecified atom stereocenters. The monoisotopic (exact) mass is 415 g/mol. The number of carbonyl (C=O) groups excluding carboxylic acids is 1. The first-order valence-electron chi connectivity index (χ1n) is 7.88. The fourth-order valence-electron chi connectivity index (χ4n) is 2.32. The minimum absolute atomic E-state index is 0.230. The van der Waals surface area contributed by atoms with E-state index >= 15 is 0 Å². The summed E-state index contributed by atoms with van der Waals surface area (Å²) < 4.78 is 13.2. The first-order valence-corrected chi connectivity index (χ1v) is 8.76. The average Bonchev–Trinajstić information content (AvgIpc) is 3.23. The van der Waals surface area contributed by atoms with Crippen molar-refractivity contribution in [1.82, 2.24) is 0 Å². The van der Waals surface area contributed by atoms with Crippen LogP contribution in [0.15, 0.2) is 65.1 Å². The molecule has 0 aliphatic heterocycles. The Morgan fingerprint density at radius 1 is 0.966 bits per heavy atom. The zero-order valence-corrected chi connectivity index (χ0v) is 15.2. The number of halogens is 1. The molecule has 3 rings (SSSR count). The molecular formula is C18H10FN3O6S. The molecule has 0 bridgehead atoms. The quantitative estimate of drug-likeness (QED) is 0.256. The Labute approximate surface area is 166 Å². The molecule has 0 saturated carbocycles. The topological polar surface area (TPSA) is 125 Å². The largest absolute Gasteiger partial charge is 0.366 e. The number of nitro benzene ring substituents is 2. The number of benzene rings is 2. The van der Waals surface area contributed by atoms with Gasteiger partial charge >= 0.3 is 5.97 Å². The molecular weight excluding hydrogens is 405 g/mol. The minimum Gasteiger partial charge on any atom is -0.312 e. The third-order valence-corrected chi connectivity index (χ3v) is 4.53. The molecule has 0 N–H and O–H groups in total. The van der Waals surface area contributed by atoms with Gasteiger partial charge < -0.3 is 4.84 Å². The molecule has 0 aliphatic rings. The molecule has 0 amide bonds. The molecule has 0 atom stereocenters. The Morgan fingerprint density at radius 3 is 2.10 bits per heavy atom. The van der Waals surface area contributed by atoms with Gasteiger partial charge in [0, 0.05) is 17.7 Å². The van der Waals surface area contributed by atoms with Crippen molar-refractivity contribution in [3.63, 3.8) is 0 Å². The molecule has 146 valence electrons. The van der Waals surface area contributed by atoms with Gasteiger partial charge in [0.25, 0.3) is 11.4 Å². The summed E-state index contributed by atoms with van der Waals surface area (Å²) in [6.07, 6.45) is 0. The predicted molar refractivity (Wildman–Crippen MR) is 102 cm³/mol. The molecule has 29 heavy (non-hydrogen) atoms. The van der Waals surface area contributed by atoms with Gasteiger partial charge in [-0.3, -0.25) is 20.2 Å². The molecule has 2 aromatic carbocycles. The van der Waals surface area contributed by atoms with Crippen LogP contribution in [0.3, 0.4) is 0 Å². The summed E-state index contributed by atoms with van der Waals surface area (Å²) >= 11 is 1.30. The van der Waals surface area contributed by atoms with Crippen LogP contribution in [-0.4, -0.2) is 21.5 Å². The third-order valence-electron chi connectivity index (χ3n) is 3.65. The maximum atomic E-state index is 13.2. The lowest BCUT2D eigenvalue weighted by Crippen LogP contribution is -2.08. The van der Waals surface area contributed by atoms with E-state index in [1.165, 1.54) is 35.6 Å². The summed E-state index contributed by atoms with van der Waals surface area (Å²) in [6.45, 7) is 0. The number of rotatable bonds is 6. The molecule has 0 spiro atoms. The highest BCUT2D eigenvalue weighted by Crippen LogP contribution is 2.24. The Kier molecular flexibility index (Phi) is 5.69. The summed E-state index contributed by atoms with van der Waals surface area (Å²) in [7, 11) is 0. The van der Waals surface area contributed by atoms with Crippen LogP contribution < -0.4 is 0 Å². The highest BCUT2D eigenvalue weighted by atomic mass is 32.1. The van der Waals surface area contributed by atoms with Gasteiger partial charge in [0.15, 0.2) is 0 Å².